The molecule has 1 atom stereocenters. The van der Waals surface area contributed by atoms with E-state index in [4.69, 9.17) is 0 Å². The van der Waals surface area contributed by atoms with Crippen molar-refractivity contribution < 1.29 is 12.3 Å². The van der Waals surface area contributed by atoms with Gasteiger partial charge in [-0.05, 0) is 24.3 Å². The molecule has 1 unspecified atom stereocenters. The quantitative estimate of drug-likeness (QED) is 0.724. The maximum Gasteiger partial charge on any atom is 0.309 e. The van der Waals surface area contributed by atoms with Crippen LogP contribution >= 0.6 is 0 Å². The van der Waals surface area contributed by atoms with Gasteiger partial charge in [-0.25, -0.2) is 0 Å². The zero-order valence-electron chi connectivity index (χ0n) is 7.56. The highest BCUT2D eigenvalue weighted by atomic mass is 32.3. The summed E-state index contributed by atoms with van der Waals surface area (Å²) in [5.41, 5.74) is 0.567. The molecule has 2 rings (SSSR count). The molecule has 0 amide bonds. The summed E-state index contributed by atoms with van der Waals surface area (Å²) in [5, 5.41) is -0.941. The standard InChI is InChI=1S/C10H11FO2S/c11-14(12,13)10(9-6-7-9)8-4-2-1-3-5-8/h1-5,9-10H,6-7H2. The summed E-state index contributed by atoms with van der Waals surface area (Å²) < 4.78 is 34.9. The normalized spacial score (nSPS) is 19.2. The number of hydrogen-bond acceptors (Lipinski definition) is 2. The van der Waals surface area contributed by atoms with Crippen molar-refractivity contribution in [2.24, 2.45) is 5.92 Å². The first kappa shape index (κ1) is 9.65. The Kier molecular flexibility index (Phi) is 2.31. The number of rotatable bonds is 3. The molecule has 1 aliphatic carbocycles. The minimum Gasteiger partial charge on any atom is -0.194 e. The van der Waals surface area contributed by atoms with Crippen molar-refractivity contribution in [3.8, 4) is 0 Å². The minimum absolute atomic E-state index is 0.0209. The highest BCUT2D eigenvalue weighted by Gasteiger charge is 2.41. The van der Waals surface area contributed by atoms with E-state index in [0.29, 0.717) is 5.56 Å². The lowest BCUT2D eigenvalue weighted by atomic mass is 10.1. The highest BCUT2D eigenvalue weighted by Crippen LogP contribution is 2.46. The first-order valence-corrected chi connectivity index (χ1v) is 6.02. The van der Waals surface area contributed by atoms with Crippen molar-refractivity contribution >= 4 is 10.2 Å². The fraction of sp³-hybridized carbons (Fsp3) is 0.400. The van der Waals surface area contributed by atoms with Crippen LogP contribution in [0.1, 0.15) is 23.7 Å². The van der Waals surface area contributed by atoms with Gasteiger partial charge in [0.1, 0.15) is 5.25 Å². The lowest BCUT2D eigenvalue weighted by molar-refractivity contribution is 0.526. The van der Waals surface area contributed by atoms with Gasteiger partial charge in [0.15, 0.2) is 0 Å². The Morgan fingerprint density at radius 2 is 1.79 bits per heavy atom. The van der Waals surface area contributed by atoms with Gasteiger partial charge in [0.05, 0.1) is 0 Å². The zero-order valence-corrected chi connectivity index (χ0v) is 8.37. The molecular formula is C10H11FO2S. The van der Waals surface area contributed by atoms with E-state index in [0.717, 1.165) is 12.8 Å². The smallest absolute Gasteiger partial charge is 0.194 e. The van der Waals surface area contributed by atoms with Crippen LogP contribution in [-0.4, -0.2) is 8.42 Å². The third-order valence-corrected chi connectivity index (χ3v) is 3.75. The Balaban J connectivity index is 2.37. The lowest BCUT2D eigenvalue weighted by Gasteiger charge is -2.11. The Labute approximate surface area is 83.0 Å². The van der Waals surface area contributed by atoms with Gasteiger partial charge in [-0.15, -0.1) is 3.89 Å². The van der Waals surface area contributed by atoms with Crippen molar-refractivity contribution in [3.63, 3.8) is 0 Å². The molecule has 0 bridgehead atoms. The number of benzene rings is 1. The van der Waals surface area contributed by atoms with E-state index in [-0.39, 0.29) is 5.92 Å². The lowest BCUT2D eigenvalue weighted by Crippen LogP contribution is -2.10. The van der Waals surface area contributed by atoms with Gasteiger partial charge in [0.2, 0.25) is 0 Å². The van der Waals surface area contributed by atoms with Gasteiger partial charge in [0.25, 0.3) is 0 Å². The van der Waals surface area contributed by atoms with E-state index >= 15 is 0 Å². The second-order valence-electron chi connectivity index (χ2n) is 3.64. The van der Waals surface area contributed by atoms with E-state index in [1.165, 1.54) is 0 Å². The minimum atomic E-state index is -4.45. The molecule has 2 nitrogen and oxygen atoms in total. The van der Waals surface area contributed by atoms with Gasteiger partial charge in [0, 0.05) is 0 Å². The van der Waals surface area contributed by atoms with Crippen molar-refractivity contribution in [1.82, 2.24) is 0 Å². The molecule has 0 radical (unpaired) electrons. The van der Waals surface area contributed by atoms with Crippen LogP contribution < -0.4 is 0 Å². The van der Waals surface area contributed by atoms with E-state index in [2.05, 4.69) is 0 Å². The summed E-state index contributed by atoms with van der Waals surface area (Å²) >= 11 is 0. The number of halogens is 1. The van der Waals surface area contributed by atoms with E-state index < -0.39 is 15.5 Å². The molecule has 0 saturated heterocycles. The van der Waals surface area contributed by atoms with Gasteiger partial charge in [-0.1, -0.05) is 30.3 Å². The molecular weight excluding hydrogens is 203 g/mol. The van der Waals surface area contributed by atoms with Gasteiger partial charge < -0.3 is 0 Å². The molecule has 0 N–H and O–H groups in total. The Bertz CT molecular complexity index is 409. The Morgan fingerprint density at radius 1 is 1.21 bits per heavy atom. The predicted octanol–water partition coefficient (Wildman–Crippen LogP) is 2.44. The van der Waals surface area contributed by atoms with Crippen molar-refractivity contribution in [1.29, 1.82) is 0 Å². The molecule has 1 saturated carbocycles. The molecule has 1 aromatic rings. The van der Waals surface area contributed by atoms with E-state index in [1.807, 2.05) is 0 Å². The molecule has 4 heteroatoms. The van der Waals surface area contributed by atoms with Crippen LogP contribution in [-0.2, 0) is 10.2 Å². The molecule has 1 fully saturated rings. The summed E-state index contributed by atoms with van der Waals surface area (Å²) in [5.74, 6) is -0.0209. The van der Waals surface area contributed by atoms with Gasteiger partial charge >= 0.3 is 10.2 Å². The molecule has 1 aromatic carbocycles. The average molecular weight is 214 g/mol. The van der Waals surface area contributed by atoms with Crippen molar-refractivity contribution in [2.45, 2.75) is 18.1 Å². The summed E-state index contributed by atoms with van der Waals surface area (Å²) in [4.78, 5) is 0. The third-order valence-electron chi connectivity index (χ3n) is 2.48. The fourth-order valence-corrected chi connectivity index (χ4v) is 2.92. The summed E-state index contributed by atoms with van der Waals surface area (Å²) in [7, 11) is -4.45. The van der Waals surface area contributed by atoms with Gasteiger partial charge in [-0.3, -0.25) is 0 Å². The second kappa shape index (κ2) is 3.35. The summed E-state index contributed by atoms with van der Waals surface area (Å²) in [6.07, 6.45) is 1.62. The van der Waals surface area contributed by atoms with Crippen LogP contribution in [0.2, 0.25) is 0 Å². The molecule has 76 valence electrons. The fourth-order valence-electron chi connectivity index (χ4n) is 1.71. The van der Waals surface area contributed by atoms with Crippen LogP contribution in [0.5, 0.6) is 0 Å². The molecule has 0 aromatic heterocycles. The Morgan fingerprint density at radius 3 is 2.21 bits per heavy atom. The monoisotopic (exact) mass is 214 g/mol. The highest BCUT2D eigenvalue weighted by molar-refractivity contribution is 7.86. The van der Waals surface area contributed by atoms with Crippen LogP contribution in [0.3, 0.4) is 0 Å². The second-order valence-corrected chi connectivity index (χ2v) is 5.10. The zero-order chi connectivity index (χ0) is 10.2. The molecule has 1 aliphatic rings. The molecule has 0 aliphatic heterocycles. The summed E-state index contributed by atoms with van der Waals surface area (Å²) in [6.45, 7) is 0. The first-order chi connectivity index (χ1) is 6.59. The SMILES string of the molecule is O=S(=O)(F)C(c1ccccc1)C1CC1. The number of hydrogen-bond donors (Lipinski definition) is 0. The van der Waals surface area contributed by atoms with E-state index in [9.17, 15) is 12.3 Å². The van der Waals surface area contributed by atoms with Crippen LogP contribution in [0, 0.1) is 5.92 Å². The van der Waals surface area contributed by atoms with Crippen LogP contribution in [0.4, 0.5) is 3.89 Å². The molecule has 0 heterocycles. The topological polar surface area (TPSA) is 34.1 Å². The van der Waals surface area contributed by atoms with Crippen LogP contribution in [0.15, 0.2) is 30.3 Å². The predicted molar refractivity (Wildman–Crippen MR) is 51.9 cm³/mol. The Hall–Kier alpha value is -0.900. The maximum absolute atomic E-state index is 13.0. The van der Waals surface area contributed by atoms with Crippen LogP contribution in [0.25, 0.3) is 0 Å². The average Bonchev–Trinajstić information content (AvgIpc) is 2.88. The largest absolute Gasteiger partial charge is 0.309 e. The first-order valence-electron chi connectivity index (χ1n) is 4.57. The third kappa shape index (κ3) is 1.95. The van der Waals surface area contributed by atoms with Gasteiger partial charge in [-0.2, -0.15) is 8.42 Å². The molecule has 14 heavy (non-hydrogen) atoms. The maximum atomic E-state index is 13.0. The van der Waals surface area contributed by atoms with Crippen molar-refractivity contribution in [3.05, 3.63) is 35.9 Å². The summed E-state index contributed by atoms with van der Waals surface area (Å²) in [6, 6.07) is 8.59. The van der Waals surface area contributed by atoms with Crippen molar-refractivity contribution in [2.75, 3.05) is 0 Å². The molecule has 0 spiro atoms. The van der Waals surface area contributed by atoms with E-state index in [1.54, 1.807) is 30.3 Å².